The summed E-state index contributed by atoms with van der Waals surface area (Å²) in [5.41, 5.74) is 1.16. The van der Waals surface area contributed by atoms with Crippen LogP contribution in [-0.2, 0) is 7.05 Å². The highest BCUT2D eigenvalue weighted by Gasteiger charge is 2.15. The van der Waals surface area contributed by atoms with Gasteiger partial charge in [-0.1, -0.05) is 48.9 Å². The molecule has 1 saturated carbocycles. The summed E-state index contributed by atoms with van der Waals surface area (Å²) in [6.45, 7) is 0. The zero-order chi connectivity index (χ0) is 17.8. The van der Waals surface area contributed by atoms with Crippen molar-refractivity contribution in [2.75, 3.05) is 5.32 Å². The van der Waals surface area contributed by atoms with E-state index in [-0.39, 0.29) is 22.9 Å². The first kappa shape index (κ1) is 21.5. The van der Waals surface area contributed by atoms with E-state index >= 15 is 0 Å². The number of hydrogen-bond acceptors (Lipinski definition) is 3. The van der Waals surface area contributed by atoms with Crippen LogP contribution in [0.1, 0.15) is 49.0 Å². The maximum atomic E-state index is 12.6. The molecule has 0 saturated heterocycles. The van der Waals surface area contributed by atoms with Gasteiger partial charge >= 0.3 is 0 Å². The van der Waals surface area contributed by atoms with Crippen LogP contribution in [0, 0.1) is 0 Å². The third kappa shape index (κ3) is 5.59. The van der Waals surface area contributed by atoms with Crippen LogP contribution in [0.4, 0.5) is 5.69 Å². The lowest BCUT2D eigenvalue weighted by Crippen LogP contribution is -2.22. The van der Waals surface area contributed by atoms with E-state index in [2.05, 4.69) is 5.32 Å². The molecule has 26 heavy (non-hydrogen) atoms. The van der Waals surface area contributed by atoms with E-state index in [1.54, 1.807) is 18.2 Å². The maximum Gasteiger partial charge on any atom is 0.273 e. The summed E-state index contributed by atoms with van der Waals surface area (Å²) >= 11 is 13.5. The maximum absolute atomic E-state index is 12.6. The Labute approximate surface area is 178 Å². The lowest BCUT2D eigenvalue weighted by Gasteiger charge is -2.08. The monoisotopic (exact) mass is 477 g/mol. The first-order chi connectivity index (χ1) is 12.0. The second kappa shape index (κ2) is 9.93. The van der Waals surface area contributed by atoms with Crippen LogP contribution in [-0.4, -0.2) is 16.5 Å². The minimum absolute atomic E-state index is 0. The molecule has 3 rings (SSSR count). The normalized spacial score (nSPS) is 16.0. The van der Waals surface area contributed by atoms with Gasteiger partial charge in [0.15, 0.2) is 4.80 Å². The number of anilines is 1. The molecule has 2 aromatic rings. The summed E-state index contributed by atoms with van der Waals surface area (Å²) in [4.78, 5) is 18.3. The molecule has 0 bridgehead atoms. The number of hydrogen-bond donors (Lipinski definition) is 1. The van der Waals surface area contributed by atoms with E-state index < -0.39 is 0 Å². The number of halogens is 3. The van der Waals surface area contributed by atoms with Gasteiger partial charge in [-0.15, -0.1) is 28.3 Å². The second-order valence-corrected chi connectivity index (χ2v) is 8.06. The van der Waals surface area contributed by atoms with Crippen LogP contribution in [0.5, 0.6) is 0 Å². The Morgan fingerprint density at radius 1 is 1.15 bits per heavy atom. The van der Waals surface area contributed by atoms with Crippen molar-refractivity contribution in [3.8, 4) is 0 Å². The molecule has 0 unspecified atom stereocenters. The van der Waals surface area contributed by atoms with Crippen molar-refractivity contribution >= 4 is 63.1 Å². The predicted molar refractivity (Wildman–Crippen MR) is 115 cm³/mol. The fourth-order valence-electron chi connectivity index (χ4n) is 3.06. The van der Waals surface area contributed by atoms with Gasteiger partial charge in [-0.05, 0) is 31.0 Å². The number of amides is 1. The van der Waals surface area contributed by atoms with Gasteiger partial charge < -0.3 is 9.88 Å². The SMILES string of the molecule is Br.Cn1c(C(=O)Nc2cc(Cl)cc(Cl)c2)csc1=NC1CCCCCC1. The number of carbonyl (C=O) groups is 1. The highest BCUT2D eigenvalue weighted by Crippen LogP contribution is 2.23. The van der Waals surface area contributed by atoms with Gasteiger partial charge in [0.2, 0.25) is 0 Å². The third-order valence-electron chi connectivity index (χ3n) is 4.40. The van der Waals surface area contributed by atoms with Crippen molar-refractivity contribution < 1.29 is 4.79 Å². The topological polar surface area (TPSA) is 46.4 Å². The van der Waals surface area contributed by atoms with Crippen LogP contribution >= 0.6 is 51.5 Å². The minimum atomic E-state index is -0.195. The standard InChI is InChI=1S/C18H21Cl2N3OS.BrH/c1-23-16(17(24)21-15-9-12(19)8-13(20)10-15)11-25-18(23)22-14-6-4-2-3-5-7-14;/h8-11,14H,2-7H2,1H3,(H,21,24);1H. The molecular weight excluding hydrogens is 457 g/mol. The number of thiazole rings is 1. The summed E-state index contributed by atoms with van der Waals surface area (Å²) in [5.74, 6) is -0.195. The lowest BCUT2D eigenvalue weighted by atomic mass is 10.1. The van der Waals surface area contributed by atoms with E-state index in [1.807, 2.05) is 17.0 Å². The Balaban J connectivity index is 0.00000243. The first-order valence-corrected chi connectivity index (χ1v) is 10.1. The number of nitrogens with zero attached hydrogens (tertiary/aromatic N) is 2. The Morgan fingerprint density at radius 3 is 2.38 bits per heavy atom. The van der Waals surface area contributed by atoms with Gasteiger partial charge in [-0.25, -0.2) is 0 Å². The summed E-state index contributed by atoms with van der Waals surface area (Å²) in [6, 6.07) is 5.35. The summed E-state index contributed by atoms with van der Waals surface area (Å²) in [6.07, 6.45) is 7.37. The molecule has 1 fully saturated rings. The van der Waals surface area contributed by atoms with Gasteiger partial charge in [0.05, 0.1) is 6.04 Å². The molecule has 1 aliphatic carbocycles. The Bertz CT molecular complexity index is 806. The zero-order valence-electron chi connectivity index (χ0n) is 14.5. The third-order valence-corrected chi connectivity index (χ3v) is 5.76. The van der Waals surface area contributed by atoms with Crippen molar-refractivity contribution in [2.45, 2.75) is 44.6 Å². The quantitative estimate of drug-likeness (QED) is 0.552. The van der Waals surface area contributed by atoms with Gasteiger partial charge in [0.25, 0.3) is 5.91 Å². The van der Waals surface area contributed by atoms with Crippen LogP contribution in [0.2, 0.25) is 10.0 Å². The molecule has 4 nitrogen and oxygen atoms in total. The molecule has 0 spiro atoms. The fourth-order valence-corrected chi connectivity index (χ4v) is 4.53. The average molecular weight is 479 g/mol. The van der Waals surface area contributed by atoms with Gasteiger partial charge in [0, 0.05) is 28.2 Å². The summed E-state index contributed by atoms with van der Waals surface area (Å²) < 4.78 is 1.86. The molecule has 0 aliphatic heterocycles. The number of carbonyl (C=O) groups excluding carboxylic acids is 1. The fraction of sp³-hybridized carbons (Fsp3) is 0.444. The molecule has 1 heterocycles. The van der Waals surface area contributed by atoms with Gasteiger partial charge in [0.1, 0.15) is 5.69 Å². The molecule has 1 amide bonds. The number of benzene rings is 1. The molecular formula is C18H22BrCl2N3OS. The van der Waals surface area contributed by atoms with Crippen LogP contribution in [0.3, 0.4) is 0 Å². The van der Waals surface area contributed by atoms with Gasteiger partial charge in [-0.3, -0.25) is 9.79 Å². The van der Waals surface area contributed by atoms with E-state index in [0.29, 0.717) is 27.5 Å². The Morgan fingerprint density at radius 2 is 1.77 bits per heavy atom. The van der Waals surface area contributed by atoms with Crippen LogP contribution < -0.4 is 10.1 Å². The molecule has 0 radical (unpaired) electrons. The van der Waals surface area contributed by atoms with E-state index in [4.69, 9.17) is 28.2 Å². The van der Waals surface area contributed by atoms with Crippen LogP contribution in [0.15, 0.2) is 28.6 Å². The largest absolute Gasteiger partial charge is 0.321 e. The van der Waals surface area contributed by atoms with E-state index in [1.165, 1.54) is 37.0 Å². The Kier molecular flexibility index (Phi) is 8.20. The average Bonchev–Trinajstić information content (AvgIpc) is 2.74. The van der Waals surface area contributed by atoms with Crippen molar-refractivity contribution in [1.29, 1.82) is 0 Å². The minimum Gasteiger partial charge on any atom is -0.321 e. The molecule has 142 valence electrons. The highest BCUT2D eigenvalue weighted by atomic mass is 79.9. The van der Waals surface area contributed by atoms with E-state index in [9.17, 15) is 4.79 Å². The van der Waals surface area contributed by atoms with Crippen molar-refractivity contribution in [3.05, 3.63) is 44.1 Å². The van der Waals surface area contributed by atoms with Crippen LogP contribution in [0.25, 0.3) is 0 Å². The molecule has 0 atom stereocenters. The van der Waals surface area contributed by atoms with Crippen molar-refractivity contribution in [2.24, 2.45) is 12.0 Å². The molecule has 1 aromatic heterocycles. The predicted octanol–water partition coefficient (Wildman–Crippen LogP) is 5.85. The summed E-state index contributed by atoms with van der Waals surface area (Å²) in [5, 5.41) is 5.66. The smallest absolute Gasteiger partial charge is 0.273 e. The molecule has 8 heteroatoms. The molecule has 1 N–H and O–H groups in total. The Hall–Kier alpha value is -0.820. The molecule has 1 aromatic carbocycles. The number of rotatable bonds is 3. The highest BCUT2D eigenvalue weighted by molar-refractivity contribution is 8.93. The van der Waals surface area contributed by atoms with Crippen molar-refractivity contribution in [3.63, 3.8) is 0 Å². The van der Waals surface area contributed by atoms with Crippen molar-refractivity contribution in [1.82, 2.24) is 4.57 Å². The first-order valence-electron chi connectivity index (χ1n) is 8.49. The zero-order valence-corrected chi connectivity index (χ0v) is 18.5. The number of aromatic nitrogens is 1. The second-order valence-electron chi connectivity index (χ2n) is 6.35. The lowest BCUT2D eigenvalue weighted by molar-refractivity contribution is 0.101. The molecule has 1 aliphatic rings. The summed E-state index contributed by atoms with van der Waals surface area (Å²) in [7, 11) is 1.88. The van der Waals surface area contributed by atoms with Gasteiger partial charge in [-0.2, -0.15) is 0 Å². The van der Waals surface area contributed by atoms with E-state index in [0.717, 1.165) is 17.6 Å². The number of nitrogens with one attached hydrogen (secondary N) is 1.